The first-order chi connectivity index (χ1) is 14.4. The van der Waals surface area contributed by atoms with Crippen LogP contribution in [0.5, 0.6) is 5.75 Å². The second-order valence-corrected chi connectivity index (χ2v) is 10.2. The second kappa shape index (κ2) is 10.1. The van der Waals surface area contributed by atoms with Crippen molar-refractivity contribution < 1.29 is 22.3 Å². The van der Waals surface area contributed by atoms with Crippen molar-refractivity contribution in [3.05, 3.63) is 59.9 Å². The number of nitrogens with zero attached hydrogens (tertiary/aromatic N) is 1. The summed E-state index contributed by atoms with van der Waals surface area (Å²) in [6, 6.07) is 11.8. The maximum atomic E-state index is 13.3. The Kier molecular flexibility index (Phi) is 8.06. The van der Waals surface area contributed by atoms with E-state index >= 15 is 0 Å². The number of hydrogen-bond acceptors (Lipinski definition) is 4. The topological polar surface area (TPSA) is 75.7 Å². The zero-order chi connectivity index (χ0) is 23.2. The Morgan fingerprint density at radius 2 is 1.74 bits per heavy atom. The summed E-state index contributed by atoms with van der Waals surface area (Å²) in [5.41, 5.74) is 1.21. The van der Waals surface area contributed by atoms with Gasteiger partial charge in [-0.1, -0.05) is 45.9 Å². The van der Waals surface area contributed by atoms with Gasteiger partial charge in [0.05, 0.1) is 18.5 Å². The Balaban J connectivity index is 2.07. The average Bonchev–Trinajstić information content (AvgIpc) is 2.68. The van der Waals surface area contributed by atoms with Crippen LogP contribution in [-0.4, -0.2) is 39.8 Å². The lowest BCUT2D eigenvalue weighted by Crippen LogP contribution is -2.50. The summed E-state index contributed by atoms with van der Waals surface area (Å²) in [5, 5.41) is 2.75. The number of ether oxygens (including phenoxy) is 1. The van der Waals surface area contributed by atoms with Crippen molar-refractivity contribution >= 4 is 21.6 Å². The van der Waals surface area contributed by atoms with E-state index in [0.29, 0.717) is 0 Å². The summed E-state index contributed by atoms with van der Waals surface area (Å²) < 4.78 is 45.0. The Hall–Kier alpha value is -2.61. The lowest BCUT2D eigenvalue weighted by molar-refractivity contribution is -0.122. The molecule has 1 atom stereocenters. The summed E-state index contributed by atoms with van der Waals surface area (Å²) in [4.78, 5) is 12.8. The zero-order valence-electron chi connectivity index (χ0n) is 18.7. The number of halogens is 1. The summed E-state index contributed by atoms with van der Waals surface area (Å²) in [6.45, 7) is 8.47. The molecule has 0 spiro atoms. The Labute approximate surface area is 184 Å². The van der Waals surface area contributed by atoms with E-state index in [1.165, 1.54) is 24.3 Å². The summed E-state index contributed by atoms with van der Waals surface area (Å²) in [7, 11) is -3.76. The minimum Gasteiger partial charge on any atom is -0.491 e. The second-order valence-electron chi connectivity index (χ2n) is 8.34. The van der Waals surface area contributed by atoms with E-state index in [2.05, 4.69) is 26.1 Å². The van der Waals surface area contributed by atoms with E-state index in [1.54, 1.807) is 6.92 Å². The van der Waals surface area contributed by atoms with Crippen LogP contribution in [0.3, 0.4) is 0 Å². The third kappa shape index (κ3) is 6.69. The number of carbonyl (C=O) groups is 1. The van der Waals surface area contributed by atoms with E-state index in [0.717, 1.165) is 21.9 Å². The number of carbonyl (C=O) groups excluding carboxylic acids is 1. The smallest absolute Gasteiger partial charge is 0.244 e. The Bertz CT molecular complexity index is 985. The number of para-hydroxylation sites is 1. The number of hydrogen-bond donors (Lipinski definition) is 1. The van der Waals surface area contributed by atoms with Crippen LogP contribution in [0.15, 0.2) is 48.5 Å². The van der Waals surface area contributed by atoms with Gasteiger partial charge in [0.15, 0.2) is 0 Å². The fourth-order valence-electron chi connectivity index (χ4n) is 3.31. The molecule has 0 radical (unpaired) electrons. The largest absolute Gasteiger partial charge is 0.491 e. The van der Waals surface area contributed by atoms with Crippen LogP contribution in [-0.2, 0) is 20.2 Å². The number of rotatable bonds is 9. The standard InChI is InChI=1S/C23H31FN2O4S/c1-6-20(26(31(5,28)29)18-13-11-17(24)12-14-18)22(27)25-15-16-30-21-10-8-7-9-19(21)23(2,3)4/h7-14,20H,6,15-16H2,1-5H3,(H,25,27). The number of benzene rings is 2. The molecule has 31 heavy (non-hydrogen) atoms. The van der Waals surface area contributed by atoms with Crippen molar-refractivity contribution in [2.24, 2.45) is 0 Å². The normalized spacial score (nSPS) is 12.8. The maximum Gasteiger partial charge on any atom is 0.244 e. The van der Waals surface area contributed by atoms with E-state index < -0.39 is 27.8 Å². The molecule has 2 aromatic rings. The molecule has 170 valence electrons. The Morgan fingerprint density at radius 3 is 2.29 bits per heavy atom. The van der Waals surface area contributed by atoms with Crippen molar-refractivity contribution in [2.75, 3.05) is 23.7 Å². The highest BCUT2D eigenvalue weighted by molar-refractivity contribution is 7.92. The van der Waals surface area contributed by atoms with Gasteiger partial charge in [0.2, 0.25) is 15.9 Å². The quantitative estimate of drug-likeness (QED) is 0.589. The Morgan fingerprint density at radius 1 is 1.13 bits per heavy atom. The van der Waals surface area contributed by atoms with Crippen LogP contribution in [0.1, 0.15) is 39.7 Å². The van der Waals surface area contributed by atoms with Gasteiger partial charge in [0, 0.05) is 0 Å². The molecule has 1 amide bonds. The van der Waals surface area contributed by atoms with Gasteiger partial charge < -0.3 is 10.1 Å². The molecule has 2 rings (SSSR count). The number of sulfonamides is 1. The SMILES string of the molecule is CCC(C(=O)NCCOc1ccccc1C(C)(C)C)N(c1ccc(F)cc1)S(C)(=O)=O. The molecule has 0 fully saturated rings. The highest BCUT2D eigenvalue weighted by Crippen LogP contribution is 2.30. The van der Waals surface area contributed by atoms with E-state index in [1.807, 2.05) is 24.3 Å². The van der Waals surface area contributed by atoms with Gasteiger partial charge >= 0.3 is 0 Å². The van der Waals surface area contributed by atoms with Gasteiger partial charge in [-0.15, -0.1) is 0 Å². The van der Waals surface area contributed by atoms with E-state index in [9.17, 15) is 17.6 Å². The molecule has 0 aliphatic rings. The number of anilines is 1. The molecule has 0 heterocycles. The van der Waals surface area contributed by atoms with Gasteiger partial charge in [0.25, 0.3) is 0 Å². The van der Waals surface area contributed by atoms with Crippen LogP contribution in [0.25, 0.3) is 0 Å². The predicted octanol–water partition coefficient (Wildman–Crippen LogP) is 3.86. The van der Waals surface area contributed by atoms with Gasteiger partial charge in [-0.25, -0.2) is 12.8 Å². The van der Waals surface area contributed by atoms with E-state index in [4.69, 9.17) is 4.74 Å². The fourth-order valence-corrected chi connectivity index (χ4v) is 4.53. The van der Waals surface area contributed by atoms with Crippen molar-refractivity contribution in [3.8, 4) is 5.75 Å². The van der Waals surface area contributed by atoms with E-state index in [-0.39, 0.29) is 30.7 Å². The van der Waals surface area contributed by atoms with Crippen molar-refractivity contribution in [1.29, 1.82) is 0 Å². The van der Waals surface area contributed by atoms with Crippen LogP contribution < -0.4 is 14.4 Å². The van der Waals surface area contributed by atoms with Crippen LogP contribution in [0.4, 0.5) is 10.1 Å². The zero-order valence-corrected chi connectivity index (χ0v) is 19.5. The van der Waals surface area contributed by atoms with Crippen LogP contribution in [0.2, 0.25) is 0 Å². The lowest BCUT2D eigenvalue weighted by atomic mass is 9.86. The molecule has 0 aliphatic heterocycles. The van der Waals surface area contributed by atoms with Gasteiger partial charge in [-0.2, -0.15) is 0 Å². The molecule has 0 aromatic heterocycles. The van der Waals surface area contributed by atoms with Crippen LogP contribution in [0, 0.1) is 5.82 Å². The number of nitrogens with one attached hydrogen (secondary N) is 1. The molecule has 8 heteroatoms. The average molecular weight is 451 g/mol. The summed E-state index contributed by atoms with van der Waals surface area (Å²) >= 11 is 0. The van der Waals surface area contributed by atoms with Crippen molar-refractivity contribution in [1.82, 2.24) is 5.32 Å². The van der Waals surface area contributed by atoms with Crippen LogP contribution >= 0.6 is 0 Å². The first kappa shape index (κ1) is 24.7. The molecular formula is C23H31FN2O4S. The lowest BCUT2D eigenvalue weighted by Gasteiger charge is -2.30. The highest BCUT2D eigenvalue weighted by atomic mass is 32.2. The third-order valence-corrected chi connectivity index (χ3v) is 5.94. The number of amides is 1. The minimum absolute atomic E-state index is 0.0850. The molecule has 2 aromatic carbocycles. The van der Waals surface area contributed by atoms with Crippen molar-refractivity contribution in [3.63, 3.8) is 0 Å². The molecule has 0 aliphatic carbocycles. The summed E-state index contributed by atoms with van der Waals surface area (Å²) in [6.07, 6.45) is 1.28. The highest BCUT2D eigenvalue weighted by Gasteiger charge is 2.31. The fraction of sp³-hybridized carbons (Fsp3) is 0.435. The molecule has 1 N–H and O–H groups in total. The first-order valence-electron chi connectivity index (χ1n) is 10.2. The predicted molar refractivity (Wildman–Crippen MR) is 121 cm³/mol. The monoisotopic (exact) mass is 450 g/mol. The van der Waals surface area contributed by atoms with Crippen molar-refractivity contribution in [2.45, 2.75) is 45.6 Å². The first-order valence-corrected chi connectivity index (χ1v) is 12.0. The van der Waals surface area contributed by atoms with Gasteiger partial charge in [-0.05, 0) is 47.7 Å². The van der Waals surface area contributed by atoms with Gasteiger partial charge in [-0.3, -0.25) is 9.10 Å². The molecular weight excluding hydrogens is 419 g/mol. The maximum absolute atomic E-state index is 13.3. The molecule has 6 nitrogen and oxygen atoms in total. The molecule has 0 bridgehead atoms. The molecule has 1 unspecified atom stereocenters. The van der Waals surface area contributed by atoms with Gasteiger partial charge in [0.1, 0.15) is 24.2 Å². The minimum atomic E-state index is -3.76. The summed E-state index contributed by atoms with van der Waals surface area (Å²) in [5.74, 6) is -0.173. The third-order valence-electron chi connectivity index (χ3n) is 4.76. The molecule has 0 saturated heterocycles. The molecule has 0 saturated carbocycles.